The van der Waals surface area contributed by atoms with E-state index < -0.39 is 6.04 Å². The van der Waals surface area contributed by atoms with Crippen LogP contribution >= 0.6 is 15.9 Å². The average molecular weight is 475 g/mol. The van der Waals surface area contributed by atoms with E-state index in [0.29, 0.717) is 25.3 Å². The minimum Gasteiger partial charge on any atom is -0.484 e. The smallest absolute Gasteiger partial charge is 0.261 e. The Balaban J connectivity index is 2.14. The zero-order valence-electron chi connectivity index (χ0n) is 18.0. The summed E-state index contributed by atoms with van der Waals surface area (Å²) in [6.45, 7) is 6.83. The van der Waals surface area contributed by atoms with Crippen molar-refractivity contribution in [1.82, 2.24) is 10.2 Å². The Labute approximate surface area is 187 Å². The Kier molecular flexibility index (Phi) is 9.87. The van der Waals surface area contributed by atoms with Gasteiger partial charge in [0.25, 0.3) is 5.91 Å². The molecule has 2 aromatic rings. The van der Waals surface area contributed by atoms with Crippen molar-refractivity contribution in [3.8, 4) is 5.75 Å². The molecule has 0 radical (unpaired) electrons. The first-order valence-electron chi connectivity index (χ1n) is 10.5. The molecule has 0 spiro atoms. The molecule has 30 heavy (non-hydrogen) atoms. The standard InChI is InChI=1S/C24H31BrN2O3/c1-4-6-14-26-24(29)22(5-2)27(16-19-10-8-7-9-11-19)23(28)17-30-20-12-13-21(25)18(3)15-20/h7-13,15,22H,4-6,14,16-17H2,1-3H3,(H,26,29)/t22-/m1/s1. The second-order valence-corrected chi connectivity index (χ2v) is 8.13. The summed E-state index contributed by atoms with van der Waals surface area (Å²) in [5.74, 6) is 0.302. The van der Waals surface area contributed by atoms with Crippen molar-refractivity contribution in [1.29, 1.82) is 0 Å². The first kappa shape index (κ1) is 23.9. The number of aryl methyl sites for hydroxylation is 1. The van der Waals surface area contributed by atoms with E-state index >= 15 is 0 Å². The van der Waals surface area contributed by atoms with Crippen LogP contribution < -0.4 is 10.1 Å². The number of ether oxygens (including phenoxy) is 1. The van der Waals surface area contributed by atoms with Gasteiger partial charge in [-0.3, -0.25) is 9.59 Å². The number of carbonyl (C=O) groups is 2. The predicted molar refractivity (Wildman–Crippen MR) is 123 cm³/mol. The third-order valence-corrected chi connectivity index (χ3v) is 5.79. The lowest BCUT2D eigenvalue weighted by molar-refractivity contribution is -0.143. The number of hydrogen-bond acceptors (Lipinski definition) is 3. The number of halogens is 1. The molecular weight excluding hydrogens is 444 g/mol. The molecule has 0 aliphatic carbocycles. The number of hydrogen-bond donors (Lipinski definition) is 1. The molecule has 2 amide bonds. The number of unbranched alkanes of at least 4 members (excludes halogenated alkanes) is 1. The molecule has 0 bridgehead atoms. The molecule has 0 fully saturated rings. The van der Waals surface area contributed by atoms with Gasteiger partial charge in [0.2, 0.25) is 5.91 Å². The van der Waals surface area contributed by atoms with Crippen LogP contribution in [0, 0.1) is 6.92 Å². The van der Waals surface area contributed by atoms with E-state index in [9.17, 15) is 9.59 Å². The van der Waals surface area contributed by atoms with Gasteiger partial charge in [-0.05, 0) is 49.1 Å². The SMILES string of the molecule is CCCCNC(=O)[C@@H](CC)N(Cc1ccccc1)C(=O)COc1ccc(Br)c(C)c1. The summed E-state index contributed by atoms with van der Waals surface area (Å²) in [6.07, 6.45) is 2.46. The second kappa shape index (κ2) is 12.4. The topological polar surface area (TPSA) is 58.6 Å². The highest BCUT2D eigenvalue weighted by atomic mass is 79.9. The highest BCUT2D eigenvalue weighted by molar-refractivity contribution is 9.10. The Morgan fingerprint density at radius 3 is 2.50 bits per heavy atom. The first-order chi connectivity index (χ1) is 14.5. The van der Waals surface area contributed by atoms with Crippen LogP contribution in [0.2, 0.25) is 0 Å². The lowest BCUT2D eigenvalue weighted by Gasteiger charge is -2.30. The first-order valence-corrected chi connectivity index (χ1v) is 11.3. The minimum atomic E-state index is -0.537. The molecule has 162 valence electrons. The van der Waals surface area contributed by atoms with Gasteiger partial charge in [0.1, 0.15) is 11.8 Å². The van der Waals surface area contributed by atoms with Crippen LogP contribution in [0.4, 0.5) is 0 Å². The van der Waals surface area contributed by atoms with Crippen LogP contribution in [0.15, 0.2) is 53.0 Å². The summed E-state index contributed by atoms with van der Waals surface area (Å²) in [7, 11) is 0. The molecule has 2 rings (SSSR count). The maximum absolute atomic E-state index is 13.1. The molecule has 6 heteroatoms. The summed E-state index contributed by atoms with van der Waals surface area (Å²) < 4.78 is 6.74. The Bertz CT molecular complexity index is 826. The molecule has 0 unspecified atom stereocenters. The van der Waals surface area contributed by atoms with Crippen molar-refractivity contribution in [3.63, 3.8) is 0 Å². The van der Waals surface area contributed by atoms with Gasteiger partial charge in [-0.1, -0.05) is 66.5 Å². The third kappa shape index (κ3) is 7.17. The van der Waals surface area contributed by atoms with Crippen LogP contribution in [-0.4, -0.2) is 35.9 Å². The molecule has 1 atom stereocenters. The number of nitrogens with zero attached hydrogens (tertiary/aromatic N) is 1. The molecule has 0 saturated carbocycles. The minimum absolute atomic E-state index is 0.116. The second-order valence-electron chi connectivity index (χ2n) is 7.28. The third-order valence-electron chi connectivity index (χ3n) is 4.90. The van der Waals surface area contributed by atoms with E-state index in [1.807, 2.05) is 62.4 Å². The molecule has 1 N–H and O–H groups in total. The normalized spacial score (nSPS) is 11.6. The molecule has 0 aliphatic heterocycles. The number of carbonyl (C=O) groups excluding carboxylic acids is 2. The van der Waals surface area contributed by atoms with Crippen molar-refractivity contribution in [2.45, 2.75) is 52.6 Å². The highest BCUT2D eigenvalue weighted by Gasteiger charge is 2.28. The van der Waals surface area contributed by atoms with Crippen molar-refractivity contribution < 1.29 is 14.3 Å². The zero-order chi connectivity index (χ0) is 21.9. The number of amides is 2. The quantitative estimate of drug-likeness (QED) is 0.473. The van der Waals surface area contributed by atoms with Gasteiger partial charge in [0.15, 0.2) is 6.61 Å². The average Bonchev–Trinajstić information content (AvgIpc) is 2.75. The van der Waals surface area contributed by atoms with E-state index in [2.05, 4.69) is 28.2 Å². The van der Waals surface area contributed by atoms with Gasteiger partial charge in [0, 0.05) is 17.6 Å². The van der Waals surface area contributed by atoms with Crippen LogP contribution in [0.25, 0.3) is 0 Å². The van der Waals surface area contributed by atoms with Gasteiger partial charge >= 0.3 is 0 Å². The maximum Gasteiger partial charge on any atom is 0.261 e. The molecule has 0 aromatic heterocycles. The molecule has 0 heterocycles. The van der Waals surface area contributed by atoms with Gasteiger partial charge in [-0.25, -0.2) is 0 Å². The summed E-state index contributed by atoms with van der Waals surface area (Å²) >= 11 is 3.46. The zero-order valence-corrected chi connectivity index (χ0v) is 19.6. The van der Waals surface area contributed by atoms with E-state index in [0.717, 1.165) is 28.4 Å². The van der Waals surface area contributed by atoms with Crippen molar-refractivity contribution in [3.05, 3.63) is 64.1 Å². The summed E-state index contributed by atoms with van der Waals surface area (Å²) in [6, 6.07) is 14.8. The van der Waals surface area contributed by atoms with E-state index in [1.54, 1.807) is 4.90 Å². The fourth-order valence-electron chi connectivity index (χ4n) is 3.14. The van der Waals surface area contributed by atoms with Crippen molar-refractivity contribution in [2.24, 2.45) is 0 Å². The van der Waals surface area contributed by atoms with Crippen LogP contribution in [-0.2, 0) is 16.1 Å². The van der Waals surface area contributed by atoms with Gasteiger partial charge in [0.05, 0.1) is 0 Å². The lowest BCUT2D eigenvalue weighted by atomic mass is 10.1. The number of rotatable bonds is 11. The molecule has 0 saturated heterocycles. The van der Waals surface area contributed by atoms with E-state index in [4.69, 9.17) is 4.74 Å². The van der Waals surface area contributed by atoms with Crippen LogP contribution in [0.1, 0.15) is 44.2 Å². The molecular formula is C24H31BrN2O3. The van der Waals surface area contributed by atoms with Gasteiger partial charge in [-0.2, -0.15) is 0 Å². The Morgan fingerprint density at radius 2 is 1.87 bits per heavy atom. The monoisotopic (exact) mass is 474 g/mol. The molecule has 0 aliphatic rings. The highest BCUT2D eigenvalue weighted by Crippen LogP contribution is 2.22. The lowest BCUT2D eigenvalue weighted by Crippen LogP contribution is -2.50. The fraction of sp³-hybridized carbons (Fsp3) is 0.417. The van der Waals surface area contributed by atoms with E-state index in [-0.39, 0.29) is 18.4 Å². The Morgan fingerprint density at radius 1 is 1.13 bits per heavy atom. The fourth-order valence-corrected chi connectivity index (χ4v) is 3.39. The van der Waals surface area contributed by atoms with Crippen LogP contribution in [0.3, 0.4) is 0 Å². The Hall–Kier alpha value is -2.34. The van der Waals surface area contributed by atoms with Gasteiger partial charge in [-0.15, -0.1) is 0 Å². The van der Waals surface area contributed by atoms with Crippen molar-refractivity contribution >= 4 is 27.7 Å². The van der Waals surface area contributed by atoms with E-state index in [1.165, 1.54) is 0 Å². The largest absolute Gasteiger partial charge is 0.484 e. The molecule has 5 nitrogen and oxygen atoms in total. The van der Waals surface area contributed by atoms with Crippen molar-refractivity contribution in [2.75, 3.05) is 13.2 Å². The summed E-state index contributed by atoms with van der Waals surface area (Å²) in [5, 5.41) is 2.96. The predicted octanol–water partition coefficient (Wildman–Crippen LogP) is 4.86. The number of nitrogens with one attached hydrogen (secondary N) is 1. The summed E-state index contributed by atoms with van der Waals surface area (Å²) in [4.78, 5) is 27.5. The number of benzene rings is 2. The van der Waals surface area contributed by atoms with Crippen LogP contribution in [0.5, 0.6) is 5.75 Å². The van der Waals surface area contributed by atoms with Gasteiger partial charge < -0.3 is 15.0 Å². The molecule has 2 aromatic carbocycles. The maximum atomic E-state index is 13.1. The summed E-state index contributed by atoms with van der Waals surface area (Å²) in [5.41, 5.74) is 2.01.